The number of rotatable bonds is 9. The van der Waals surface area contributed by atoms with Crippen molar-refractivity contribution < 1.29 is 19.1 Å². The SMILES string of the molecule is CCCNC(=O)[C@@H]1CC(=O)N(c2ccc(OCC(=O)Nc3ccc(CC)cc3)cc2)C1. The van der Waals surface area contributed by atoms with E-state index in [2.05, 4.69) is 17.6 Å². The molecule has 1 fully saturated rings. The summed E-state index contributed by atoms with van der Waals surface area (Å²) < 4.78 is 5.55. The summed E-state index contributed by atoms with van der Waals surface area (Å²) in [5.74, 6) is -0.190. The van der Waals surface area contributed by atoms with Crippen molar-refractivity contribution in [2.24, 2.45) is 5.92 Å². The predicted molar refractivity (Wildman–Crippen MR) is 120 cm³/mol. The lowest BCUT2D eigenvalue weighted by Crippen LogP contribution is -2.33. The molecule has 0 radical (unpaired) electrons. The molecule has 2 aromatic rings. The second-order valence-electron chi connectivity index (χ2n) is 7.58. The van der Waals surface area contributed by atoms with Gasteiger partial charge >= 0.3 is 0 Å². The molecule has 2 aromatic carbocycles. The minimum Gasteiger partial charge on any atom is -0.484 e. The van der Waals surface area contributed by atoms with Gasteiger partial charge in [0.2, 0.25) is 11.8 Å². The van der Waals surface area contributed by atoms with Gasteiger partial charge in [0.25, 0.3) is 5.91 Å². The van der Waals surface area contributed by atoms with Crippen molar-refractivity contribution in [2.75, 3.05) is 29.9 Å². The number of hydrogen-bond acceptors (Lipinski definition) is 4. The first kappa shape index (κ1) is 22.3. The first-order valence-electron chi connectivity index (χ1n) is 10.7. The quantitative estimate of drug-likeness (QED) is 0.649. The first-order chi connectivity index (χ1) is 15.0. The van der Waals surface area contributed by atoms with Crippen molar-refractivity contribution in [1.82, 2.24) is 5.32 Å². The third-order valence-electron chi connectivity index (χ3n) is 5.21. The molecule has 0 aliphatic carbocycles. The number of carbonyl (C=O) groups is 3. The highest BCUT2D eigenvalue weighted by Crippen LogP contribution is 2.27. The molecule has 7 nitrogen and oxygen atoms in total. The Morgan fingerprint density at radius 2 is 1.77 bits per heavy atom. The van der Waals surface area contributed by atoms with Crippen LogP contribution >= 0.6 is 0 Å². The number of carbonyl (C=O) groups excluding carboxylic acids is 3. The van der Waals surface area contributed by atoms with Crippen LogP contribution in [0.4, 0.5) is 11.4 Å². The molecule has 1 aliphatic heterocycles. The lowest BCUT2D eigenvalue weighted by atomic mass is 10.1. The van der Waals surface area contributed by atoms with Crippen LogP contribution in [0.15, 0.2) is 48.5 Å². The van der Waals surface area contributed by atoms with Crippen LogP contribution in [0.5, 0.6) is 5.75 Å². The Labute approximate surface area is 182 Å². The van der Waals surface area contributed by atoms with Crippen molar-refractivity contribution in [3.63, 3.8) is 0 Å². The van der Waals surface area contributed by atoms with Gasteiger partial charge in [0, 0.05) is 30.9 Å². The molecule has 1 heterocycles. The molecule has 0 aromatic heterocycles. The number of ether oxygens (including phenoxy) is 1. The van der Waals surface area contributed by atoms with E-state index in [4.69, 9.17) is 4.74 Å². The molecular formula is C24H29N3O4. The molecule has 3 rings (SSSR count). The van der Waals surface area contributed by atoms with Gasteiger partial charge in [-0.1, -0.05) is 26.0 Å². The van der Waals surface area contributed by atoms with Gasteiger partial charge in [-0.25, -0.2) is 0 Å². The number of hydrogen-bond donors (Lipinski definition) is 2. The fourth-order valence-electron chi connectivity index (χ4n) is 3.42. The Bertz CT molecular complexity index is 909. The molecule has 1 atom stereocenters. The number of nitrogens with one attached hydrogen (secondary N) is 2. The van der Waals surface area contributed by atoms with Crippen molar-refractivity contribution in [3.05, 3.63) is 54.1 Å². The molecule has 2 N–H and O–H groups in total. The van der Waals surface area contributed by atoms with E-state index in [1.54, 1.807) is 29.2 Å². The van der Waals surface area contributed by atoms with E-state index in [1.165, 1.54) is 5.56 Å². The summed E-state index contributed by atoms with van der Waals surface area (Å²) in [5.41, 5.74) is 2.65. The van der Waals surface area contributed by atoms with Crippen LogP contribution in [0.1, 0.15) is 32.3 Å². The number of benzene rings is 2. The van der Waals surface area contributed by atoms with Gasteiger partial charge in [-0.05, 0) is 54.8 Å². The zero-order valence-corrected chi connectivity index (χ0v) is 18.0. The van der Waals surface area contributed by atoms with E-state index >= 15 is 0 Å². The van der Waals surface area contributed by atoms with Gasteiger partial charge in [-0.2, -0.15) is 0 Å². The summed E-state index contributed by atoms with van der Waals surface area (Å²) >= 11 is 0. The van der Waals surface area contributed by atoms with Crippen molar-refractivity contribution in [2.45, 2.75) is 33.1 Å². The molecule has 3 amide bonds. The van der Waals surface area contributed by atoms with Crippen molar-refractivity contribution in [1.29, 1.82) is 0 Å². The van der Waals surface area contributed by atoms with Gasteiger partial charge in [0.1, 0.15) is 5.75 Å². The Hall–Kier alpha value is -3.35. The monoisotopic (exact) mass is 423 g/mol. The highest BCUT2D eigenvalue weighted by molar-refractivity contribution is 6.00. The predicted octanol–water partition coefficient (Wildman–Crippen LogP) is 3.15. The van der Waals surface area contributed by atoms with Crippen LogP contribution in [-0.4, -0.2) is 37.4 Å². The molecule has 7 heteroatoms. The second kappa shape index (κ2) is 10.6. The summed E-state index contributed by atoms with van der Waals surface area (Å²) in [7, 11) is 0. The summed E-state index contributed by atoms with van der Waals surface area (Å²) in [6, 6.07) is 14.7. The minimum atomic E-state index is -0.329. The van der Waals surface area contributed by atoms with Gasteiger partial charge in [-0.15, -0.1) is 0 Å². The summed E-state index contributed by atoms with van der Waals surface area (Å²) in [6.07, 6.45) is 2.02. The van der Waals surface area contributed by atoms with Crippen LogP contribution in [0.25, 0.3) is 0 Å². The lowest BCUT2D eigenvalue weighted by molar-refractivity contribution is -0.126. The average molecular weight is 424 g/mol. The van der Waals surface area contributed by atoms with Gasteiger partial charge in [-0.3, -0.25) is 14.4 Å². The third kappa shape index (κ3) is 6.07. The molecule has 1 saturated heterocycles. The third-order valence-corrected chi connectivity index (χ3v) is 5.21. The maximum absolute atomic E-state index is 12.3. The van der Waals surface area contributed by atoms with E-state index in [-0.39, 0.29) is 36.7 Å². The highest BCUT2D eigenvalue weighted by atomic mass is 16.5. The molecule has 0 bridgehead atoms. The van der Waals surface area contributed by atoms with Crippen molar-refractivity contribution >= 4 is 29.1 Å². The molecule has 164 valence electrons. The molecule has 0 saturated carbocycles. The molecule has 0 unspecified atom stereocenters. The van der Waals surface area contributed by atoms with Crippen LogP contribution < -0.4 is 20.3 Å². The summed E-state index contributed by atoms with van der Waals surface area (Å²) in [6.45, 7) is 4.94. The molecule has 0 spiro atoms. The Morgan fingerprint density at radius 1 is 1.06 bits per heavy atom. The lowest BCUT2D eigenvalue weighted by Gasteiger charge is -2.17. The Kier molecular flexibility index (Phi) is 7.65. The largest absolute Gasteiger partial charge is 0.484 e. The smallest absolute Gasteiger partial charge is 0.262 e. The van der Waals surface area contributed by atoms with Crippen LogP contribution in [0.3, 0.4) is 0 Å². The number of aryl methyl sites for hydroxylation is 1. The second-order valence-corrected chi connectivity index (χ2v) is 7.58. The van der Waals surface area contributed by atoms with Gasteiger partial charge in [0.05, 0.1) is 5.92 Å². The van der Waals surface area contributed by atoms with E-state index in [0.717, 1.165) is 18.5 Å². The van der Waals surface area contributed by atoms with E-state index < -0.39 is 0 Å². The molecule has 31 heavy (non-hydrogen) atoms. The maximum Gasteiger partial charge on any atom is 0.262 e. The van der Waals surface area contributed by atoms with Crippen LogP contribution in [0, 0.1) is 5.92 Å². The Balaban J connectivity index is 1.50. The molecule has 1 aliphatic rings. The standard InChI is InChI=1S/C24H29N3O4/c1-3-13-25-24(30)18-14-23(29)27(15-18)20-9-11-21(12-10-20)31-16-22(28)26-19-7-5-17(4-2)6-8-19/h5-12,18H,3-4,13-16H2,1-2H3,(H,25,30)(H,26,28)/t18-/m1/s1. The van der Waals surface area contributed by atoms with Crippen molar-refractivity contribution in [3.8, 4) is 5.75 Å². The van der Waals surface area contributed by atoms with E-state index in [9.17, 15) is 14.4 Å². The number of nitrogens with zero attached hydrogens (tertiary/aromatic N) is 1. The van der Waals surface area contributed by atoms with Crippen LogP contribution in [-0.2, 0) is 20.8 Å². The summed E-state index contributed by atoms with van der Waals surface area (Å²) in [5, 5.41) is 5.65. The Morgan fingerprint density at radius 3 is 2.42 bits per heavy atom. The fourth-order valence-corrected chi connectivity index (χ4v) is 3.42. The van der Waals surface area contributed by atoms with Crippen LogP contribution in [0.2, 0.25) is 0 Å². The fraction of sp³-hybridized carbons (Fsp3) is 0.375. The zero-order chi connectivity index (χ0) is 22.2. The zero-order valence-electron chi connectivity index (χ0n) is 18.0. The average Bonchev–Trinajstić information content (AvgIpc) is 3.18. The number of amides is 3. The first-order valence-corrected chi connectivity index (χ1v) is 10.7. The van der Waals surface area contributed by atoms with Gasteiger partial charge < -0.3 is 20.3 Å². The number of anilines is 2. The van der Waals surface area contributed by atoms with E-state index in [0.29, 0.717) is 24.5 Å². The topological polar surface area (TPSA) is 87.7 Å². The van der Waals surface area contributed by atoms with Gasteiger partial charge in [0.15, 0.2) is 6.61 Å². The highest BCUT2D eigenvalue weighted by Gasteiger charge is 2.34. The van der Waals surface area contributed by atoms with E-state index in [1.807, 2.05) is 31.2 Å². The summed E-state index contributed by atoms with van der Waals surface area (Å²) in [4.78, 5) is 38.2. The maximum atomic E-state index is 12.3. The molecular weight excluding hydrogens is 394 g/mol. The normalized spacial score (nSPS) is 15.6. The minimum absolute atomic E-state index is 0.0706.